The van der Waals surface area contributed by atoms with Crippen molar-refractivity contribution in [3.05, 3.63) is 87.1 Å². The van der Waals surface area contributed by atoms with Gasteiger partial charge in [-0.3, -0.25) is 19.8 Å². The van der Waals surface area contributed by atoms with Crippen molar-refractivity contribution >= 4 is 69.4 Å². The predicted molar refractivity (Wildman–Crippen MR) is 126 cm³/mol. The third kappa shape index (κ3) is 4.92. The molecule has 9 nitrogen and oxygen atoms in total. The van der Waals surface area contributed by atoms with Crippen LogP contribution >= 0.6 is 35.7 Å². The molecule has 1 aliphatic heterocycles. The van der Waals surface area contributed by atoms with Crippen LogP contribution in [0.25, 0.3) is 6.08 Å². The fourth-order valence-electron chi connectivity index (χ4n) is 2.88. The third-order valence-corrected chi connectivity index (χ3v) is 6.64. The highest BCUT2D eigenvalue weighted by Gasteiger charge is 2.33. The first-order valence-electron chi connectivity index (χ1n) is 9.16. The Bertz CT molecular complexity index is 1310. The van der Waals surface area contributed by atoms with Gasteiger partial charge in [0.2, 0.25) is 0 Å². The van der Waals surface area contributed by atoms with Crippen molar-refractivity contribution in [3.8, 4) is 0 Å². The fraction of sp³-hybridized carbons (Fsp3) is 0. The second kappa shape index (κ2) is 9.48. The van der Waals surface area contributed by atoms with Crippen LogP contribution < -0.4 is 10.0 Å². The molecule has 0 aliphatic carbocycles. The summed E-state index contributed by atoms with van der Waals surface area (Å²) in [5, 5.41) is 22.9. The molecule has 33 heavy (non-hydrogen) atoms. The van der Waals surface area contributed by atoms with Gasteiger partial charge in [-0.1, -0.05) is 42.2 Å². The number of nitrogens with zero attached hydrogens (tertiary/aromatic N) is 4. The van der Waals surface area contributed by atoms with E-state index in [-0.39, 0.29) is 20.5 Å². The zero-order chi connectivity index (χ0) is 23.5. The number of carboxylic acid groups (broad SMARTS) is 1. The minimum Gasteiger partial charge on any atom is -0.545 e. The summed E-state index contributed by atoms with van der Waals surface area (Å²) < 4.78 is 0.260. The van der Waals surface area contributed by atoms with Crippen molar-refractivity contribution in [1.82, 2.24) is 9.97 Å². The summed E-state index contributed by atoms with van der Waals surface area (Å²) in [5.41, 5.74) is 0.694. The van der Waals surface area contributed by atoms with Crippen LogP contribution in [-0.2, 0) is 4.79 Å². The topological polar surface area (TPSA) is 129 Å². The highest BCUT2D eigenvalue weighted by atomic mass is 32.2. The molecule has 0 atom stereocenters. The molecule has 4 rings (SSSR count). The summed E-state index contributed by atoms with van der Waals surface area (Å²) in [6, 6.07) is 11.8. The number of carboxylic acids is 1. The van der Waals surface area contributed by atoms with E-state index in [1.807, 2.05) is 0 Å². The van der Waals surface area contributed by atoms with Crippen molar-refractivity contribution in [2.24, 2.45) is 0 Å². The van der Waals surface area contributed by atoms with E-state index in [1.165, 1.54) is 41.3 Å². The number of thioether (sulfide) groups is 1. The number of nitro benzene ring substituents is 1. The zero-order valence-corrected chi connectivity index (χ0v) is 18.9. The number of rotatable bonds is 6. The molecular weight excluding hydrogens is 484 g/mol. The molecule has 0 spiro atoms. The van der Waals surface area contributed by atoms with Crippen molar-refractivity contribution < 1.29 is 19.6 Å². The van der Waals surface area contributed by atoms with Crippen LogP contribution in [0.1, 0.15) is 15.9 Å². The Morgan fingerprint density at radius 3 is 2.48 bits per heavy atom. The van der Waals surface area contributed by atoms with Gasteiger partial charge in [0.05, 0.1) is 26.4 Å². The van der Waals surface area contributed by atoms with Crippen molar-refractivity contribution in [2.45, 2.75) is 10.1 Å². The second-order valence-electron chi connectivity index (χ2n) is 6.47. The average molecular weight is 496 g/mol. The number of carbonyl (C=O) groups excluding carboxylic acids is 2. The molecule has 1 fully saturated rings. The van der Waals surface area contributed by atoms with Crippen LogP contribution in [0, 0.1) is 10.1 Å². The number of nitro groups is 1. The van der Waals surface area contributed by atoms with Gasteiger partial charge in [0, 0.05) is 18.5 Å². The predicted octanol–water partition coefficient (Wildman–Crippen LogP) is 3.31. The molecule has 2 heterocycles. The van der Waals surface area contributed by atoms with Gasteiger partial charge in [0.15, 0.2) is 9.48 Å². The normalized spacial score (nSPS) is 14.7. The Labute approximate surface area is 200 Å². The molecule has 0 radical (unpaired) electrons. The van der Waals surface area contributed by atoms with Crippen LogP contribution in [0.4, 0.5) is 11.4 Å². The van der Waals surface area contributed by atoms with Crippen LogP contribution in [0.2, 0.25) is 0 Å². The summed E-state index contributed by atoms with van der Waals surface area (Å²) in [7, 11) is 0. The first-order chi connectivity index (χ1) is 15.8. The number of thiocarbonyl (C=S) groups is 1. The molecule has 1 amide bonds. The quantitative estimate of drug-likeness (QED) is 0.165. The van der Waals surface area contributed by atoms with E-state index in [0.717, 1.165) is 23.5 Å². The van der Waals surface area contributed by atoms with Crippen LogP contribution in [-0.4, -0.2) is 31.1 Å². The van der Waals surface area contributed by atoms with Gasteiger partial charge < -0.3 is 9.90 Å². The summed E-state index contributed by atoms with van der Waals surface area (Å²) in [4.78, 5) is 45.0. The van der Waals surface area contributed by atoms with E-state index in [1.54, 1.807) is 30.6 Å². The number of hydrogen-bond donors (Lipinski definition) is 0. The Morgan fingerprint density at radius 1 is 1.15 bits per heavy atom. The molecule has 2 aromatic carbocycles. The lowest BCUT2D eigenvalue weighted by atomic mass is 10.1. The lowest BCUT2D eigenvalue weighted by Gasteiger charge is -2.15. The van der Waals surface area contributed by atoms with Gasteiger partial charge in [-0.15, -0.1) is 0 Å². The molecule has 1 saturated heterocycles. The number of benzene rings is 2. The van der Waals surface area contributed by atoms with E-state index in [2.05, 4.69) is 9.97 Å². The maximum atomic E-state index is 12.9. The number of hydrogen-bond acceptors (Lipinski definition) is 10. The molecular formula is C21H11N4O5S3-. The summed E-state index contributed by atoms with van der Waals surface area (Å²) in [5.74, 6) is -1.74. The van der Waals surface area contributed by atoms with E-state index in [9.17, 15) is 24.8 Å². The van der Waals surface area contributed by atoms with E-state index in [0.29, 0.717) is 21.3 Å². The van der Waals surface area contributed by atoms with Gasteiger partial charge in [-0.25, -0.2) is 9.97 Å². The van der Waals surface area contributed by atoms with Crippen LogP contribution in [0.3, 0.4) is 0 Å². The van der Waals surface area contributed by atoms with Crippen molar-refractivity contribution in [1.29, 1.82) is 0 Å². The SMILES string of the molecule is O=C([O-])c1ccc(N2C(=O)/C(=C/c3ccc(Sc4ncccn4)c([N+](=O)[O-])c3)SC2=S)cc1. The van der Waals surface area contributed by atoms with E-state index >= 15 is 0 Å². The van der Waals surface area contributed by atoms with E-state index in [4.69, 9.17) is 12.2 Å². The van der Waals surface area contributed by atoms with Gasteiger partial charge in [0.25, 0.3) is 11.6 Å². The third-order valence-electron chi connectivity index (χ3n) is 4.38. The zero-order valence-electron chi connectivity index (χ0n) is 16.4. The minimum atomic E-state index is -1.33. The Hall–Kier alpha value is -3.61. The number of anilines is 1. The number of amides is 1. The lowest BCUT2D eigenvalue weighted by Crippen LogP contribution is -2.28. The maximum absolute atomic E-state index is 12.9. The number of aromatic nitrogens is 2. The molecule has 0 saturated carbocycles. The standard InChI is InChI=1S/C21H12N4O5S3/c26-18-17(33-21(31)24(18)14-5-3-13(4-6-14)19(27)28)11-12-2-7-16(15(10-12)25(29)30)32-20-22-8-1-9-23-20/h1-11H,(H,27,28)/p-1/b17-11-. The highest BCUT2D eigenvalue weighted by Crippen LogP contribution is 2.38. The molecule has 0 bridgehead atoms. The minimum absolute atomic E-state index is 0.0223. The van der Waals surface area contributed by atoms with Gasteiger partial charge in [0.1, 0.15) is 0 Å². The molecule has 0 unspecified atom stereocenters. The maximum Gasteiger partial charge on any atom is 0.283 e. The Kier molecular flexibility index (Phi) is 6.49. The monoisotopic (exact) mass is 495 g/mol. The highest BCUT2D eigenvalue weighted by molar-refractivity contribution is 8.27. The largest absolute Gasteiger partial charge is 0.545 e. The average Bonchev–Trinajstić information content (AvgIpc) is 3.08. The van der Waals surface area contributed by atoms with Crippen molar-refractivity contribution in [3.63, 3.8) is 0 Å². The van der Waals surface area contributed by atoms with Gasteiger partial charge >= 0.3 is 0 Å². The molecule has 1 aromatic heterocycles. The number of carbonyl (C=O) groups is 2. The van der Waals surface area contributed by atoms with Crippen LogP contribution in [0.15, 0.2) is 75.9 Å². The molecule has 164 valence electrons. The summed E-state index contributed by atoms with van der Waals surface area (Å²) >= 11 is 7.42. The Balaban J connectivity index is 1.61. The second-order valence-corrected chi connectivity index (χ2v) is 9.15. The summed E-state index contributed by atoms with van der Waals surface area (Å²) in [6.45, 7) is 0. The summed E-state index contributed by atoms with van der Waals surface area (Å²) in [6.07, 6.45) is 4.61. The lowest BCUT2D eigenvalue weighted by molar-refractivity contribution is -0.387. The first kappa shape index (κ1) is 22.6. The number of aromatic carboxylic acids is 1. The Morgan fingerprint density at radius 2 is 1.85 bits per heavy atom. The van der Waals surface area contributed by atoms with Crippen molar-refractivity contribution in [2.75, 3.05) is 4.90 Å². The first-order valence-corrected chi connectivity index (χ1v) is 11.2. The van der Waals surface area contributed by atoms with Crippen LogP contribution in [0.5, 0.6) is 0 Å². The molecule has 3 aromatic rings. The van der Waals surface area contributed by atoms with Gasteiger partial charge in [-0.2, -0.15) is 0 Å². The fourth-order valence-corrected chi connectivity index (χ4v) is 4.97. The van der Waals surface area contributed by atoms with E-state index < -0.39 is 16.8 Å². The smallest absolute Gasteiger partial charge is 0.283 e. The molecule has 1 aliphatic rings. The molecule has 0 N–H and O–H groups in total. The molecule has 12 heteroatoms. The van der Waals surface area contributed by atoms with Gasteiger partial charge in [-0.05, 0) is 53.2 Å².